The first-order valence-electron chi connectivity index (χ1n) is 8.20. The summed E-state index contributed by atoms with van der Waals surface area (Å²) in [5.41, 5.74) is -0.734. The van der Waals surface area contributed by atoms with E-state index in [1.165, 1.54) is 23.0 Å². The summed E-state index contributed by atoms with van der Waals surface area (Å²) in [7, 11) is 2.96. The number of esters is 1. The first-order valence-corrected chi connectivity index (χ1v) is 9.96. The summed E-state index contributed by atoms with van der Waals surface area (Å²) < 4.78 is 7.37. The summed E-state index contributed by atoms with van der Waals surface area (Å²) in [5, 5.41) is 1.88. The van der Waals surface area contributed by atoms with Crippen LogP contribution in [0.3, 0.4) is 0 Å². The molecule has 27 heavy (non-hydrogen) atoms. The summed E-state index contributed by atoms with van der Waals surface area (Å²) in [5.74, 6) is 0.00731. The highest BCUT2D eigenvalue weighted by Gasteiger charge is 2.23. The van der Waals surface area contributed by atoms with E-state index in [0.29, 0.717) is 10.9 Å². The van der Waals surface area contributed by atoms with Gasteiger partial charge in [0.15, 0.2) is 11.5 Å². The number of hydrogen-bond donors (Lipinski definition) is 0. The van der Waals surface area contributed by atoms with E-state index in [1.807, 2.05) is 17.5 Å². The van der Waals surface area contributed by atoms with Crippen molar-refractivity contribution < 1.29 is 9.53 Å². The number of thioether (sulfide) groups is 1. The van der Waals surface area contributed by atoms with E-state index >= 15 is 0 Å². The highest BCUT2D eigenvalue weighted by molar-refractivity contribution is 8.00. The molecule has 0 radical (unpaired) electrons. The van der Waals surface area contributed by atoms with E-state index in [0.717, 1.165) is 21.2 Å². The maximum atomic E-state index is 12.7. The Morgan fingerprint density at radius 3 is 2.67 bits per heavy atom. The Hall–Kier alpha value is -2.46. The van der Waals surface area contributed by atoms with E-state index in [2.05, 4.69) is 9.97 Å². The fraction of sp³-hybridized carbons (Fsp3) is 0.353. The Morgan fingerprint density at radius 2 is 2.04 bits per heavy atom. The average molecular weight is 406 g/mol. The molecule has 3 aromatic heterocycles. The third-order valence-electron chi connectivity index (χ3n) is 3.92. The zero-order chi connectivity index (χ0) is 19.7. The molecule has 0 N–H and O–H groups in total. The minimum absolute atomic E-state index is 0.209. The van der Waals surface area contributed by atoms with Crippen LogP contribution in [0.25, 0.3) is 21.7 Å². The first kappa shape index (κ1) is 19.3. The van der Waals surface area contributed by atoms with Gasteiger partial charge in [0, 0.05) is 14.1 Å². The van der Waals surface area contributed by atoms with Gasteiger partial charge >= 0.3 is 11.7 Å². The molecule has 0 fully saturated rings. The summed E-state index contributed by atoms with van der Waals surface area (Å²) in [6.45, 7) is 3.69. The SMILES string of the molecule is CCOC(=O)C(C)Sc1nc(-c2cccs2)nc2c1c(=O)n(C)c(=O)n2C. The second-order valence-electron chi connectivity index (χ2n) is 5.75. The molecule has 0 saturated heterocycles. The maximum absolute atomic E-state index is 12.7. The van der Waals surface area contributed by atoms with Crippen LogP contribution in [0.1, 0.15) is 13.8 Å². The number of ether oxygens (including phenoxy) is 1. The Morgan fingerprint density at radius 1 is 1.30 bits per heavy atom. The van der Waals surface area contributed by atoms with E-state index in [1.54, 1.807) is 20.9 Å². The van der Waals surface area contributed by atoms with Gasteiger partial charge in [-0.3, -0.25) is 18.7 Å². The summed E-state index contributed by atoms with van der Waals surface area (Å²) in [6, 6.07) is 3.72. The number of carbonyl (C=O) groups excluding carboxylic acids is 1. The molecule has 142 valence electrons. The Balaban J connectivity index is 2.27. The third kappa shape index (κ3) is 3.54. The van der Waals surface area contributed by atoms with Crippen molar-refractivity contribution in [3.05, 3.63) is 38.4 Å². The van der Waals surface area contributed by atoms with Crippen LogP contribution in [0.2, 0.25) is 0 Å². The predicted molar refractivity (Wildman–Crippen MR) is 105 cm³/mol. The predicted octanol–water partition coefficient (Wildman–Crippen LogP) is 1.80. The first-order chi connectivity index (χ1) is 12.8. The van der Waals surface area contributed by atoms with Crippen LogP contribution in [0.4, 0.5) is 0 Å². The molecular formula is C17H18N4O4S2. The lowest BCUT2D eigenvalue weighted by atomic mass is 10.3. The van der Waals surface area contributed by atoms with Crippen molar-refractivity contribution >= 4 is 40.1 Å². The van der Waals surface area contributed by atoms with Gasteiger partial charge in [-0.2, -0.15) is 0 Å². The molecule has 1 atom stereocenters. The van der Waals surface area contributed by atoms with E-state index in [4.69, 9.17) is 4.74 Å². The molecule has 0 amide bonds. The number of thiophene rings is 1. The van der Waals surface area contributed by atoms with Crippen molar-refractivity contribution in [1.29, 1.82) is 0 Å². The van der Waals surface area contributed by atoms with Crippen LogP contribution in [0, 0.1) is 0 Å². The molecule has 1 unspecified atom stereocenters. The van der Waals surface area contributed by atoms with Gasteiger partial charge in [-0.1, -0.05) is 17.8 Å². The topological polar surface area (TPSA) is 96.1 Å². The van der Waals surface area contributed by atoms with Gasteiger partial charge in [0.25, 0.3) is 5.56 Å². The molecule has 0 aliphatic rings. The van der Waals surface area contributed by atoms with Crippen molar-refractivity contribution in [2.45, 2.75) is 24.1 Å². The molecule has 0 bridgehead atoms. The molecule has 8 nitrogen and oxygen atoms in total. The zero-order valence-electron chi connectivity index (χ0n) is 15.3. The second-order valence-corrected chi connectivity index (χ2v) is 8.02. The van der Waals surface area contributed by atoms with Gasteiger partial charge in [-0.05, 0) is 25.3 Å². The molecule has 0 aliphatic heterocycles. The Kier molecular flexibility index (Phi) is 5.47. The Bertz CT molecular complexity index is 1120. The summed E-state index contributed by atoms with van der Waals surface area (Å²) >= 11 is 2.57. The van der Waals surface area contributed by atoms with E-state index < -0.39 is 22.5 Å². The molecule has 3 heterocycles. The van der Waals surface area contributed by atoms with Gasteiger partial charge in [0.1, 0.15) is 15.7 Å². The number of nitrogens with zero attached hydrogens (tertiary/aromatic N) is 4. The van der Waals surface area contributed by atoms with Crippen LogP contribution < -0.4 is 11.2 Å². The number of fused-ring (bicyclic) bond motifs is 1. The number of hydrogen-bond acceptors (Lipinski definition) is 8. The highest BCUT2D eigenvalue weighted by Crippen LogP contribution is 2.30. The molecule has 0 saturated carbocycles. The van der Waals surface area contributed by atoms with Crippen LogP contribution in [-0.2, 0) is 23.6 Å². The van der Waals surface area contributed by atoms with Crippen molar-refractivity contribution in [2.24, 2.45) is 14.1 Å². The van der Waals surface area contributed by atoms with E-state index in [9.17, 15) is 14.4 Å². The third-order valence-corrected chi connectivity index (χ3v) is 5.85. The van der Waals surface area contributed by atoms with Gasteiger partial charge in [0.2, 0.25) is 0 Å². The standard InChI is InChI=1S/C17H18N4O4S2/c1-5-25-16(23)9(2)27-14-11-13(20(3)17(24)21(4)15(11)22)18-12(19-14)10-7-6-8-26-10/h6-9H,5H2,1-4H3. The number of rotatable bonds is 5. The molecule has 0 aromatic carbocycles. The minimum Gasteiger partial charge on any atom is -0.465 e. The number of aryl methyl sites for hydroxylation is 1. The quantitative estimate of drug-likeness (QED) is 0.362. The number of aromatic nitrogens is 4. The summed E-state index contributed by atoms with van der Waals surface area (Å²) in [4.78, 5) is 46.9. The normalized spacial score (nSPS) is 12.3. The van der Waals surface area contributed by atoms with Crippen LogP contribution in [-0.4, -0.2) is 36.9 Å². The summed E-state index contributed by atoms with van der Waals surface area (Å²) in [6.07, 6.45) is 0. The molecule has 3 rings (SSSR count). The van der Waals surface area contributed by atoms with Crippen LogP contribution in [0.5, 0.6) is 0 Å². The van der Waals surface area contributed by atoms with Crippen molar-refractivity contribution in [3.63, 3.8) is 0 Å². The minimum atomic E-state index is -0.568. The smallest absolute Gasteiger partial charge is 0.332 e. The lowest BCUT2D eigenvalue weighted by Crippen LogP contribution is -2.37. The molecule has 3 aromatic rings. The fourth-order valence-corrected chi connectivity index (χ4v) is 4.10. The van der Waals surface area contributed by atoms with Crippen LogP contribution >= 0.6 is 23.1 Å². The molecular weight excluding hydrogens is 388 g/mol. The Labute approximate surface area is 162 Å². The maximum Gasteiger partial charge on any atom is 0.332 e. The second kappa shape index (κ2) is 7.65. The lowest BCUT2D eigenvalue weighted by Gasteiger charge is -2.14. The van der Waals surface area contributed by atoms with Gasteiger partial charge in [-0.25, -0.2) is 14.8 Å². The molecule has 0 aliphatic carbocycles. The van der Waals surface area contributed by atoms with Gasteiger partial charge in [0.05, 0.1) is 11.5 Å². The fourth-order valence-electron chi connectivity index (χ4n) is 2.51. The largest absolute Gasteiger partial charge is 0.465 e. The van der Waals surface area contributed by atoms with Crippen molar-refractivity contribution in [2.75, 3.05) is 6.61 Å². The van der Waals surface area contributed by atoms with Crippen LogP contribution in [0.15, 0.2) is 32.1 Å². The lowest BCUT2D eigenvalue weighted by molar-refractivity contribution is -0.142. The van der Waals surface area contributed by atoms with Crippen molar-refractivity contribution in [3.8, 4) is 10.7 Å². The zero-order valence-corrected chi connectivity index (χ0v) is 16.9. The van der Waals surface area contributed by atoms with E-state index in [-0.39, 0.29) is 17.6 Å². The van der Waals surface area contributed by atoms with Crippen molar-refractivity contribution in [1.82, 2.24) is 19.1 Å². The monoisotopic (exact) mass is 406 g/mol. The number of carbonyl (C=O) groups is 1. The molecule has 10 heteroatoms. The highest BCUT2D eigenvalue weighted by atomic mass is 32.2. The average Bonchev–Trinajstić information content (AvgIpc) is 3.19. The van der Waals surface area contributed by atoms with Gasteiger partial charge in [-0.15, -0.1) is 11.3 Å². The van der Waals surface area contributed by atoms with Gasteiger partial charge < -0.3 is 4.74 Å². The molecule has 0 spiro atoms.